The average Bonchev–Trinajstić information content (AvgIpc) is 2.76. The zero-order chi connectivity index (χ0) is 14.7. The zero-order valence-corrected chi connectivity index (χ0v) is 12.8. The molecule has 0 aromatic heterocycles. The molecule has 1 fully saturated rings. The molecule has 1 aliphatic rings. The van der Waals surface area contributed by atoms with Crippen LogP contribution in [0.3, 0.4) is 0 Å². The van der Waals surface area contributed by atoms with Crippen molar-refractivity contribution in [3.63, 3.8) is 0 Å². The van der Waals surface area contributed by atoms with Crippen LogP contribution in [0.15, 0.2) is 0 Å². The van der Waals surface area contributed by atoms with E-state index in [2.05, 4.69) is 5.32 Å². The van der Waals surface area contributed by atoms with Gasteiger partial charge < -0.3 is 10.1 Å². The lowest BCUT2D eigenvalue weighted by molar-refractivity contribution is -0.158. The number of carbonyl (C=O) groups excluding carboxylic acids is 2. The van der Waals surface area contributed by atoms with E-state index < -0.39 is 11.6 Å². The molecular weight excluding hydrogens is 242 g/mol. The summed E-state index contributed by atoms with van der Waals surface area (Å²) in [6.07, 6.45) is 4.89. The molecule has 1 rings (SSSR count). The SMILES string of the molecule is CCC1(C(=O)N[C@@H](C)C(=O)OC(C)(C)C)CCCC1. The average molecular weight is 269 g/mol. The van der Waals surface area contributed by atoms with E-state index in [-0.39, 0.29) is 17.3 Å². The maximum atomic E-state index is 12.4. The highest BCUT2D eigenvalue weighted by atomic mass is 16.6. The van der Waals surface area contributed by atoms with Gasteiger partial charge in [-0.1, -0.05) is 19.8 Å². The summed E-state index contributed by atoms with van der Waals surface area (Å²) in [6.45, 7) is 9.20. The summed E-state index contributed by atoms with van der Waals surface area (Å²) in [5, 5.41) is 2.82. The van der Waals surface area contributed by atoms with Gasteiger partial charge in [0.25, 0.3) is 0 Å². The molecule has 110 valence electrons. The van der Waals surface area contributed by atoms with Crippen LogP contribution in [0.5, 0.6) is 0 Å². The van der Waals surface area contributed by atoms with Crippen molar-refractivity contribution in [3.8, 4) is 0 Å². The lowest BCUT2D eigenvalue weighted by atomic mass is 9.82. The molecule has 1 saturated carbocycles. The second-order valence-corrected chi connectivity index (χ2v) is 6.57. The summed E-state index contributed by atoms with van der Waals surface area (Å²) in [4.78, 5) is 24.2. The Labute approximate surface area is 116 Å². The topological polar surface area (TPSA) is 55.4 Å². The Morgan fingerprint density at radius 1 is 1.26 bits per heavy atom. The Morgan fingerprint density at radius 2 is 1.79 bits per heavy atom. The van der Waals surface area contributed by atoms with Crippen LogP contribution in [-0.4, -0.2) is 23.5 Å². The van der Waals surface area contributed by atoms with Gasteiger partial charge in [-0.3, -0.25) is 4.79 Å². The molecule has 0 aliphatic heterocycles. The van der Waals surface area contributed by atoms with E-state index >= 15 is 0 Å². The summed E-state index contributed by atoms with van der Waals surface area (Å²) in [5.41, 5.74) is -0.790. The monoisotopic (exact) mass is 269 g/mol. The number of hydrogen-bond donors (Lipinski definition) is 1. The van der Waals surface area contributed by atoms with Gasteiger partial charge >= 0.3 is 5.97 Å². The van der Waals surface area contributed by atoms with Gasteiger partial charge in [-0.2, -0.15) is 0 Å². The fraction of sp³-hybridized carbons (Fsp3) is 0.867. The molecule has 0 radical (unpaired) electrons. The highest BCUT2D eigenvalue weighted by molar-refractivity contribution is 5.88. The molecule has 1 amide bonds. The molecular formula is C15H27NO3. The van der Waals surface area contributed by atoms with Crippen molar-refractivity contribution < 1.29 is 14.3 Å². The first kappa shape index (κ1) is 16.0. The predicted molar refractivity (Wildman–Crippen MR) is 74.6 cm³/mol. The van der Waals surface area contributed by atoms with E-state index in [1.54, 1.807) is 6.92 Å². The van der Waals surface area contributed by atoms with E-state index in [0.717, 1.165) is 32.1 Å². The number of ether oxygens (including phenoxy) is 1. The minimum Gasteiger partial charge on any atom is -0.458 e. The smallest absolute Gasteiger partial charge is 0.328 e. The fourth-order valence-electron chi connectivity index (χ4n) is 2.59. The van der Waals surface area contributed by atoms with E-state index in [9.17, 15) is 9.59 Å². The molecule has 0 heterocycles. The number of hydrogen-bond acceptors (Lipinski definition) is 3. The van der Waals surface area contributed by atoms with Crippen LogP contribution in [0, 0.1) is 5.41 Å². The molecule has 1 atom stereocenters. The Bertz CT molecular complexity index is 338. The minimum absolute atomic E-state index is 0.00543. The Hall–Kier alpha value is -1.06. The Morgan fingerprint density at radius 3 is 2.21 bits per heavy atom. The summed E-state index contributed by atoms with van der Waals surface area (Å²) >= 11 is 0. The molecule has 1 N–H and O–H groups in total. The molecule has 0 unspecified atom stereocenters. The van der Waals surface area contributed by atoms with Gasteiger partial charge in [0.2, 0.25) is 5.91 Å². The summed E-state index contributed by atoms with van der Waals surface area (Å²) in [7, 11) is 0. The van der Waals surface area contributed by atoms with Crippen LogP contribution in [0.25, 0.3) is 0 Å². The van der Waals surface area contributed by atoms with E-state index in [1.165, 1.54) is 0 Å². The van der Waals surface area contributed by atoms with Crippen molar-refractivity contribution in [3.05, 3.63) is 0 Å². The van der Waals surface area contributed by atoms with Crippen LogP contribution < -0.4 is 5.32 Å². The highest BCUT2D eigenvalue weighted by Crippen LogP contribution is 2.41. The van der Waals surface area contributed by atoms with Gasteiger partial charge in [-0.25, -0.2) is 4.79 Å². The molecule has 4 heteroatoms. The number of amides is 1. The first-order valence-corrected chi connectivity index (χ1v) is 7.24. The van der Waals surface area contributed by atoms with Gasteiger partial charge in [0.1, 0.15) is 11.6 Å². The molecule has 0 spiro atoms. The normalized spacial score (nSPS) is 19.8. The van der Waals surface area contributed by atoms with Crippen LogP contribution in [0.1, 0.15) is 66.7 Å². The number of nitrogens with one attached hydrogen (secondary N) is 1. The molecule has 0 saturated heterocycles. The van der Waals surface area contributed by atoms with Crippen LogP contribution in [-0.2, 0) is 14.3 Å². The maximum Gasteiger partial charge on any atom is 0.328 e. The molecule has 0 aromatic rings. The Kier molecular flexibility index (Phi) is 4.99. The van der Waals surface area contributed by atoms with E-state index in [1.807, 2.05) is 27.7 Å². The standard InChI is InChI=1S/C15H27NO3/c1-6-15(9-7-8-10-15)13(18)16-11(2)12(17)19-14(3,4)5/h11H,6-10H2,1-5H3,(H,16,18)/t11-/m0/s1. The minimum atomic E-state index is -0.587. The van der Waals surface area contributed by atoms with Crippen LogP contribution in [0.2, 0.25) is 0 Å². The van der Waals surface area contributed by atoms with Crippen molar-refractivity contribution in [2.75, 3.05) is 0 Å². The molecule has 0 aromatic carbocycles. The number of carbonyl (C=O) groups is 2. The van der Waals surface area contributed by atoms with Gasteiger partial charge in [0, 0.05) is 5.41 Å². The molecule has 19 heavy (non-hydrogen) atoms. The summed E-state index contributed by atoms with van der Waals surface area (Å²) in [6, 6.07) is -0.587. The number of rotatable bonds is 4. The second kappa shape index (κ2) is 5.93. The third-order valence-corrected chi connectivity index (χ3v) is 3.83. The second-order valence-electron chi connectivity index (χ2n) is 6.57. The van der Waals surface area contributed by atoms with Crippen molar-refractivity contribution in [2.45, 2.75) is 78.4 Å². The van der Waals surface area contributed by atoms with Gasteiger partial charge in [0.05, 0.1) is 0 Å². The lowest BCUT2D eigenvalue weighted by Crippen LogP contribution is -2.47. The van der Waals surface area contributed by atoms with Crippen LogP contribution in [0.4, 0.5) is 0 Å². The van der Waals surface area contributed by atoms with Gasteiger partial charge in [0.15, 0.2) is 0 Å². The molecule has 0 bridgehead atoms. The van der Waals surface area contributed by atoms with Gasteiger partial charge in [-0.15, -0.1) is 0 Å². The van der Waals surface area contributed by atoms with Gasteiger partial charge in [-0.05, 0) is 47.0 Å². The van der Waals surface area contributed by atoms with E-state index in [0.29, 0.717) is 0 Å². The Balaban J connectivity index is 2.58. The van der Waals surface area contributed by atoms with Crippen molar-refractivity contribution >= 4 is 11.9 Å². The quantitative estimate of drug-likeness (QED) is 0.798. The third kappa shape index (κ3) is 4.22. The maximum absolute atomic E-state index is 12.4. The molecule has 1 aliphatic carbocycles. The first-order chi connectivity index (χ1) is 8.70. The van der Waals surface area contributed by atoms with Crippen molar-refractivity contribution in [1.29, 1.82) is 0 Å². The zero-order valence-electron chi connectivity index (χ0n) is 12.8. The summed E-state index contributed by atoms with van der Waals surface area (Å²) in [5.74, 6) is -0.365. The predicted octanol–water partition coefficient (Wildman–Crippen LogP) is 2.80. The third-order valence-electron chi connectivity index (χ3n) is 3.83. The highest BCUT2D eigenvalue weighted by Gasteiger charge is 2.40. The van der Waals surface area contributed by atoms with Crippen molar-refractivity contribution in [1.82, 2.24) is 5.32 Å². The van der Waals surface area contributed by atoms with Crippen LogP contribution >= 0.6 is 0 Å². The first-order valence-electron chi connectivity index (χ1n) is 7.24. The summed E-state index contributed by atoms with van der Waals surface area (Å²) < 4.78 is 5.28. The van der Waals surface area contributed by atoms with E-state index in [4.69, 9.17) is 4.74 Å². The number of esters is 1. The largest absolute Gasteiger partial charge is 0.458 e. The van der Waals surface area contributed by atoms with Crippen molar-refractivity contribution in [2.24, 2.45) is 5.41 Å². The fourth-order valence-corrected chi connectivity index (χ4v) is 2.59. The molecule has 4 nitrogen and oxygen atoms in total. The lowest BCUT2D eigenvalue weighted by Gasteiger charge is -2.28.